The summed E-state index contributed by atoms with van der Waals surface area (Å²) in [7, 11) is 3.69. The van der Waals surface area contributed by atoms with Crippen molar-refractivity contribution in [2.45, 2.75) is 8.42 Å². The van der Waals surface area contributed by atoms with Crippen LogP contribution in [0.25, 0.3) is 0 Å². The van der Waals surface area contributed by atoms with Gasteiger partial charge in [-0.1, -0.05) is 0 Å². The zero-order valence-electron chi connectivity index (χ0n) is 6.70. The van der Waals surface area contributed by atoms with E-state index in [1.165, 1.54) is 15.6 Å². The molecule has 0 fully saturated rings. The molecule has 2 aromatic rings. The van der Waals surface area contributed by atoms with E-state index in [1.54, 1.807) is 0 Å². The zero-order valence-corrected chi connectivity index (χ0v) is 14.3. The molecular weight excluding hydrogens is 478 g/mol. The summed E-state index contributed by atoms with van der Waals surface area (Å²) in [5.41, 5.74) is 0. The Bertz CT molecular complexity index is 380. The van der Waals surface area contributed by atoms with Crippen LogP contribution in [-0.2, 0) is 0 Å². The van der Waals surface area contributed by atoms with Gasteiger partial charge in [0.2, 0.25) is 0 Å². The summed E-state index contributed by atoms with van der Waals surface area (Å²) in [6, 6.07) is 4.45. The Kier molecular flexibility index (Phi) is 4.95. The van der Waals surface area contributed by atoms with Crippen LogP contribution in [0.5, 0.6) is 0 Å². The van der Waals surface area contributed by atoms with Gasteiger partial charge in [-0.05, 0) is 78.9 Å². The second-order valence-corrected chi connectivity index (χ2v) is 9.38. The van der Waals surface area contributed by atoms with E-state index in [2.05, 4.69) is 68.1 Å². The van der Waals surface area contributed by atoms with Crippen molar-refractivity contribution in [3.8, 4) is 0 Å². The first-order chi connectivity index (χ1) is 6.74. The number of hydrogen-bond donors (Lipinski definition) is 0. The third kappa shape index (κ3) is 3.55. The first-order valence-corrected chi connectivity index (χ1v) is 9.63. The molecule has 14 heavy (non-hydrogen) atoms. The fourth-order valence-electron chi connectivity index (χ4n) is 0.760. The summed E-state index contributed by atoms with van der Waals surface area (Å²) < 4.78 is 5.42. The van der Waals surface area contributed by atoms with Crippen molar-refractivity contribution in [1.82, 2.24) is 0 Å². The largest absolute Gasteiger partial charge is 0.135 e. The number of thiophene rings is 2. The quantitative estimate of drug-likeness (QED) is 0.400. The summed E-state index contributed by atoms with van der Waals surface area (Å²) in [5.74, 6) is 0. The molecule has 0 N–H and O–H groups in total. The molecule has 2 heterocycles. The van der Waals surface area contributed by atoms with Crippen LogP contribution in [0, 0.1) is 7.14 Å². The lowest BCUT2D eigenvalue weighted by atomic mass is 10.7. The third-order valence-electron chi connectivity index (χ3n) is 1.29. The summed E-state index contributed by atoms with van der Waals surface area (Å²) in [4.78, 5) is 0. The highest BCUT2D eigenvalue weighted by Crippen LogP contribution is 2.42. The highest BCUT2D eigenvalue weighted by molar-refractivity contribution is 14.1. The summed E-state index contributed by atoms with van der Waals surface area (Å²) >= 11 is 8.32. The van der Waals surface area contributed by atoms with Crippen molar-refractivity contribution in [2.75, 3.05) is 0 Å². The molecule has 0 saturated carbocycles. The highest BCUT2D eigenvalue weighted by atomic mass is 127. The van der Waals surface area contributed by atoms with Crippen LogP contribution in [0.2, 0.25) is 0 Å². The van der Waals surface area contributed by atoms with Crippen LogP contribution in [0.3, 0.4) is 0 Å². The van der Waals surface area contributed by atoms with Crippen LogP contribution in [0.4, 0.5) is 0 Å². The maximum Gasteiger partial charge on any atom is 0.0720 e. The van der Waals surface area contributed by atoms with E-state index in [-0.39, 0.29) is 0 Å². The Morgan fingerprint density at radius 1 is 0.857 bits per heavy atom. The van der Waals surface area contributed by atoms with Crippen molar-refractivity contribution in [1.29, 1.82) is 0 Å². The van der Waals surface area contributed by atoms with Gasteiger partial charge in [0.1, 0.15) is 0 Å². The van der Waals surface area contributed by atoms with Crippen LogP contribution in [0.15, 0.2) is 31.3 Å². The molecule has 0 saturated heterocycles. The van der Waals surface area contributed by atoms with Gasteiger partial charge in [-0.15, -0.1) is 22.7 Å². The fourth-order valence-corrected chi connectivity index (χ4v) is 7.19. The average Bonchev–Trinajstić information content (AvgIpc) is 2.72. The summed E-state index contributed by atoms with van der Waals surface area (Å²) in [6.45, 7) is 0. The predicted molar refractivity (Wildman–Crippen MR) is 85.8 cm³/mol. The van der Waals surface area contributed by atoms with Crippen molar-refractivity contribution in [3.63, 3.8) is 0 Å². The average molecular weight is 482 g/mol. The maximum absolute atomic E-state index is 2.35. The molecule has 0 atom stereocenters. The molecule has 0 bridgehead atoms. The Morgan fingerprint density at radius 2 is 1.29 bits per heavy atom. The number of rotatable bonds is 3. The van der Waals surface area contributed by atoms with E-state index >= 15 is 0 Å². The van der Waals surface area contributed by atoms with Crippen molar-refractivity contribution in [2.24, 2.45) is 0 Å². The van der Waals surface area contributed by atoms with Gasteiger partial charge in [0.05, 0.1) is 8.42 Å². The van der Waals surface area contributed by atoms with Crippen LogP contribution in [-0.4, -0.2) is 0 Å². The molecule has 0 nitrogen and oxygen atoms in total. The number of hydrogen-bond acceptors (Lipinski definition) is 4. The predicted octanol–water partition coefficient (Wildman–Crippen LogP) is 5.82. The van der Waals surface area contributed by atoms with E-state index in [0.717, 1.165) is 0 Å². The molecular formula is C8H4I2S4. The Balaban J connectivity index is 1.94. The second-order valence-electron chi connectivity index (χ2n) is 2.33. The molecule has 2 aromatic heterocycles. The molecule has 0 aromatic carbocycles. The van der Waals surface area contributed by atoms with Crippen molar-refractivity contribution < 1.29 is 0 Å². The molecule has 6 heteroatoms. The van der Waals surface area contributed by atoms with Crippen molar-refractivity contribution in [3.05, 3.63) is 30.0 Å². The molecule has 0 aliphatic carbocycles. The van der Waals surface area contributed by atoms with Gasteiger partial charge in [-0.25, -0.2) is 0 Å². The lowest BCUT2D eigenvalue weighted by molar-refractivity contribution is 1.70. The zero-order chi connectivity index (χ0) is 9.97. The van der Waals surface area contributed by atoms with Crippen molar-refractivity contribution >= 4 is 89.4 Å². The van der Waals surface area contributed by atoms with Gasteiger partial charge in [-0.3, -0.25) is 0 Å². The third-order valence-corrected chi connectivity index (χ3v) is 8.51. The Morgan fingerprint density at radius 3 is 1.57 bits per heavy atom. The number of halogens is 2. The lowest BCUT2D eigenvalue weighted by Crippen LogP contribution is -1.56. The molecule has 0 radical (unpaired) electrons. The summed E-state index contributed by atoms with van der Waals surface area (Å²) in [5, 5.41) is 4.36. The van der Waals surface area contributed by atoms with Gasteiger partial charge < -0.3 is 0 Å². The first-order valence-electron chi connectivity index (χ1n) is 3.56. The molecule has 0 amide bonds. The normalized spacial score (nSPS) is 10.7. The molecule has 0 aliphatic heterocycles. The van der Waals surface area contributed by atoms with Gasteiger partial charge in [-0.2, -0.15) is 0 Å². The maximum atomic E-state index is 2.35. The monoisotopic (exact) mass is 482 g/mol. The molecule has 0 spiro atoms. The highest BCUT2D eigenvalue weighted by Gasteiger charge is 2.02. The lowest BCUT2D eigenvalue weighted by Gasteiger charge is -1.92. The van der Waals surface area contributed by atoms with E-state index in [9.17, 15) is 0 Å². The van der Waals surface area contributed by atoms with E-state index in [4.69, 9.17) is 0 Å². The minimum atomic E-state index is 1.33. The van der Waals surface area contributed by atoms with Crippen LogP contribution < -0.4 is 0 Å². The smallest absolute Gasteiger partial charge is 0.0720 e. The van der Waals surface area contributed by atoms with Crippen LogP contribution >= 0.6 is 89.4 Å². The van der Waals surface area contributed by atoms with Gasteiger partial charge in [0.15, 0.2) is 0 Å². The topological polar surface area (TPSA) is 0 Å². The SMILES string of the molecule is Ic1csc(SSc2cc(I)cs2)c1. The minimum absolute atomic E-state index is 1.33. The van der Waals surface area contributed by atoms with Gasteiger partial charge in [0, 0.05) is 17.9 Å². The molecule has 2 rings (SSSR count). The molecule has 74 valence electrons. The van der Waals surface area contributed by atoms with E-state index in [0.29, 0.717) is 0 Å². The second kappa shape index (κ2) is 5.76. The standard InChI is InChI=1S/C8H4I2S4/c9-5-1-7(11-3-5)13-14-8-2-6(10)4-12-8/h1-4H. The minimum Gasteiger partial charge on any atom is -0.135 e. The van der Waals surface area contributed by atoms with E-state index < -0.39 is 0 Å². The molecule has 0 unspecified atom stereocenters. The summed E-state index contributed by atoms with van der Waals surface area (Å²) in [6.07, 6.45) is 0. The Hall–Kier alpha value is 1.56. The molecule has 0 aliphatic rings. The Labute approximate surface area is 126 Å². The fraction of sp³-hybridized carbons (Fsp3) is 0. The first kappa shape index (κ1) is 12.0. The van der Waals surface area contributed by atoms with E-state index in [1.807, 2.05) is 44.3 Å². The van der Waals surface area contributed by atoms with Gasteiger partial charge >= 0.3 is 0 Å². The van der Waals surface area contributed by atoms with Gasteiger partial charge in [0.25, 0.3) is 0 Å². The van der Waals surface area contributed by atoms with Crippen LogP contribution in [0.1, 0.15) is 0 Å².